The fraction of sp³-hybridized carbons (Fsp3) is 0.625. The van der Waals surface area contributed by atoms with Crippen molar-refractivity contribution in [1.29, 1.82) is 0 Å². The number of rotatable bonds is 5. The Bertz CT molecular complexity index is 439. The van der Waals surface area contributed by atoms with Crippen LogP contribution in [0.15, 0.2) is 18.2 Å². The van der Waals surface area contributed by atoms with Crippen LogP contribution in [0.4, 0.5) is 5.82 Å². The zero-order valence-electron chi connectivity index (χ0n) is 12.5. The van der Waals surface area contributed by atoms with E-state index in [9.17, 15) is 4.79 Å². The molecule has 1 saturated carbocycles. The molecule has 1 fully saturated rings. The van der Waals surface area contributed by atoms with E-state index in [0.29, 0.717) is 11.7 Å². The number of nitrogens with zero attached hydrogens (tertiary/aromatic N) is 1. The quantitative estimate of drug-likeness (QED) is 0.867. The first-order valence-corrected chi connectivity index (χ1v) is 7.71. The average Bonchev–Trinajstić information content (AvgIpc) is 2.48. The van der Waals surface area contributed by atoms with Gasteiger partial charge in [-0.3, -0.25) is 4.79 Å². The number of anilines is 1. The van der Waals surface area contributed by atoms with Crippen LogP contribution in [-0.4, -0.2) is 23.5 Å². The van der Waals surface area contributed by atoms with E-state index in [1.54, 1.807) is 6.07 Å². The Hall–Kier alpha value is -1.58. The lowest BCUT2D eigenvalue weighted by molar-refractivity contribution is 0.0918. The van der Waals surface area contributed by atoms with Gasteiger partial charge in [-0.1, -0.05) is 19.9 Å². The Labute approximate surface area is 121 Å². The highest BCUT2D eigenvalue weighted by molar-refractivity contribution is 5.92. The van der Waals surface area contributed by atoms with Crippen LogP contribution in [0, 0.1) is 5.92 Å². The fourth-order valence-electron chi connectivity index (χ4n) is 2.58. The lowest BCUT2D eigenvalue weighted by atomic mass is 9.87. The van der Waals surface area contributed by atoms with E-state index in [1.807, 2.05) is 12.1 Å². The number of aromatic nitrogens is 1. The van der Waals surface area contributed by atoms with Gasteiger partial charge in [0.15, 0.2) is 0 Å². The molecule has 2 N–H and O–H groups in total. The molecule has 0 bridgehead atoms. The molecule has 1 heterocycles. The monoisotopic (exact) mass is 275 g/mol. The molecule has 110 valence electrons. The fourth-order valence-corrected chi connectivity index (χ4v) is 2.58. The third-order valence-electron chi connectivity index (χ3n) is 3.89. The van der Waals surface area contributed by atoms with Crippen molar-refractivity contribution in [2.24, 2.45) is 5.92 Å². The molecule has 0 spiro atoms. The molecule has 2 rings (SSSR count). The van der Waals surface area contributed by atoms with Gasteiger partial charge in [-0.05, 0) is 50.2 Å². The molecule has 0 atom stereocenters. The molecule has 4 nitrogen and oxygen atoms in total. The minimum atomic E-state index is -0.0512. The largest absolute Gasteiger partial charge is 0.370 e. The Balaban J connectivity index is 1.91. The maximum Gasteiger partial charge on any atom is 0.270 e. The van der Waals surface area contributed by atoms with Gasteiger partial charge >= 0.3 is 0 Å². The van der Waals surface area contributed by atoms with Crippen LogP contribution in [0.1, 0.15) is 56.4 Å². The van der Waals surface area contributed by atoms with Crippen LogP contribution < -0.4 is 10.6 Å². The van der Waals surface area contributed by atoms with Crippen LogP contribution in [0.25, 0.3) is 0 Å². The van der Waals surface area contributed by atoms with Gasteiger partial charge in [-0.2, -0.15) is 0 Å². The molecule has 1 aliphatic carbocycles. The van der Waals surface area contributed by atoms with Gasteiger partial charge < -0.3 is 10.6 Å². The summed E-state index contributed by atoms with van der Waals surface area (Å²) >= 11 is 0. The van der Waals surface area contributed by atoms with Crippen molar-refractivity contribution in [1.82, 2.24) is 10.3 Å². The van der Waals surface area contributed by atoms with Gasteiger partial charge in [0.2, 0.25) is 0 Å². The summed E-state index contributed by atoms with van der Waals surface area (Å²) in [6, 6.07) is 5.86. The van der Waals surface area contributed by atoms with Crippen molar-refractivity contribution in [3.05, 3.63) is 23.9 Å². The van der Waals surface area contributed by atoms with Gasteiger partial charge in [0.05, 0.1) is 0 Å². The molecular weight excluding hydrogens is 250 g/mol. The summed E-state index contributed by atoms with van der Waals surface area (Å²) in [5.41, 5.74) is 0.504. The van der Waals surface area contributed by atoms with Crippen molar-refractivity contribution in [3.63, 3.8) is 0 Å². The van der Waals surface area contributed by atoms with Crippen LogP contribution in [0.5, 0.6) is 0 Å². The van der Waals surface area contributed by atoms with E-state index in [4.69, 9.17) is 0 Å². The summed E-state index contributed by atoms with van der Waals surface area (Å²) in [4.78, 5) is 16.6. The molecule has 1 amide bonds. The molecule has 0 unspecified atom stereocenters. The van der Waals surface area contributed by atoms with Gasteiger partial charge in [-0.15, -0.1) is 0 Å². The van der Waals surface area contributed by atoms with Crippen molar-refractivity contribution >= 4 is 11.7 Å². The highest BCUT2D eigenvalue weighted by Gasteiger charge is 2.20. The molecule has 1 aromatic heterocycles. The Kier molecular flexibility index (Phi) is 5.39. The number of pyridine rings is 1. The van der Waals surface area contributed by atoms with Crippen LogP contribution in [0.2, 0.25) is 0 Å². The molecule has 0 aromatic carbocycles. The first-order chi connectivity index (χ1) is 9.69. The van der Waals surface area contributed by atoms with Crippen LogP contribution in [0.3, 0.4) is 0 Å². The van der Waals surface area contributed by atoms with E-state index in [2.05, 4.69) is 29.5 Å². The molecule has 20 heavy (non-hydrogen) atoms. The number of hydrogen-bond acceptors (Lipinski definition) is 3. The van der Waals surface area contributed by atoms with Crippen LogP contribution >= 0.6 is 0 Å². The van der Waals surface area contributed by atoms with Crippen molar-refractivity contribution in [3.8, 4) is 0 Å². The summed E-state index contributed by atoms with van der Waals surface area (Å²) in [5, 5.41) is 6.32. The number of hydrogen-bond donors (Lipinski definition) is 2. The minimum absolute atomic E-state index is 0.0512. The normalized spacial score (nSPS) is 22.3. The highest BCUT2D eigenvalue weighted by Crippen LogP contribution is 2.23. The summed E-state index contributed by atoms with van der Waals surface area (Å²) in [7, 11) is 0. The van der Waals surface area contributed by atoms with Crippen molar-refractivity contribution < 1.29 is 4.79 Å². The lowest BCUT2D eigenvalue weighted by Gasteiger charge is -2.26. The Morgan fingerprint density at radius 1 is 1.30 bits per heavy atom. The topological polar surface area (TPSA) is 54.0 Å². The Morgan fingerprint density at radius 3 is 2.75 bits per heavy atom. The number of carbonyl (C=O) groups is 1. The lowest BCUT2D eigenvalue weighted by Crippen LogP contribution is -2.37. The summed E-state index contributed by atoms with van der Waals surface area (Å²) in [5.74, 6) is 1.52. The zero-order valence-corrected chi connectivity index (χ0v) is 12.5. The molecule has 0 radical (unpaired) electrons. The maximum atomic E-state index is 12.2. The third kappa shape index (κ3) is 4.22. The van der Waals surface area contributed by atoms with Gasteiger partial charge in [0.25, 0.3) is 5.91 Å². The molecule has 4 heteroatoms. The number of nitrogens with one attached hydrogen (secondary N) is 2. The summed E-state index contributed by atoms with van der Waals surface area (Å²) < 4.78 is 0. The predicted molar refractivity (Wildman–Crippen MR) is 81.9 cm³/mol. The number of amides is 1. The van der Waals surface area contributed by atoms with Gasteiger partial charge in [0.1, 0.15) is 11.5 Å². The first-order valence-electron chi connectivity index (χ1n) is 7.71. The molecule has 1 aliphatic rings. The van der Waals surface area contributed by atoms with Crippen molar-refractivity contribution in [2.45, 2.75) is 52.0 Å². The average molecular weight is 275 g/mol. The molecule has 0 aliphatic heterocycles. The van der Waals surface area contributed by atoms with E-state index < -0.39 is 0 Å². The maximum absolute atomic E-state index is 12.2. The van der Waals surface area contributed by atoms with E-state index in [1.165, 1.54) is 12.8 Å². The molecular formula is C16H25N3O. The van der Waals surface area contributed by atoms with E-state index >= 15 is 0 Å². The highest BCUT2D eigenvalue weighted by atomic mass is 16.1. The standard InChI is InChI=1S/C16H25N3O/c1-3-11-17-15-6-4-5-14(19-15)16(20)18-13-9-7-12(2)8-10-13/h4-6,12-13H,3,7-11H2,1-2H3,(H,17,19)(H,18,20). The smallest absolute Gasteiger partial charge is 0.270 e. The van der Waals surface area contributed by atoms with Gasteiger partial charge in [-0.25, -0.2) is 4.98 Å². The zero-order chi connectivity index (χ0) is 14.4. The first kappa shape index (κ1) is 14.8. The minimum Gasteiger partial charge on any atom is -0.370 e. The van der Waals surface area contributed by atoms with Crippen molar-refractivity contribution in [2.75, 3.05) is 11.9 Å². The summed E-state index contributed by atoms with van der Waals surface area (Å²) in [6.07, 6.45) is 5.62. The predicted octanol–water partition coefficient (Wildman–Crippen LogP) is 3.21. The van der Waals surface area contributed by atoms with E-state index in [-0.39, 0.29) is 5.91 Å². The number of carbonyl (C=O) groups excluding carboxylic acids is 1. The molecule has 1 aromatic rings. The van der Waals surface area contributed by atoms with E-state index in [0.717, 1.165) is 37.5 Å². The second kappa shape index (κ2) is 7.27. The van der Waals surface area contributed by atoms with Gasteiger partial charge in [0, 0.05) is 12.6 Å². The Morgan fingerprint density at radius 2 is 2.05 bits per heavy atom. The third-order valence-corrected chi connectivity index (χ3v) is 3.89. The second-order valence-corrected chi connectivity index (χ2v) is 5.77. The van der Waals surface area contributed by atoms with Crippen LogP contribution in [-0.2, 0) is 0 Å². The second-order valence-electron chi connectivity index (χ2n) is 5.77. The summed E-state index contributed by atoms with van der Waals surface area (Å²) in [6.45, 7) is 5.26. The molecule has 0 saturated heterocycles. The SMILES string of the molecule is CCCNc1cccc(C(=O)NC2CCC(C)CC2)n1.